The maximum atomic E-state index is 11.0. The van der Waals surface area contributed by atoms with Crippen LogP contribution in [0.4, 0.5) is 0 Å². The van der Waals surface area contributed by atoms with Crippen molar-refractivity contribution in [3.05, 3.63) is 71.3 Å². The van der Waals surface area contributed by atoms with Crippen LogP contribution in [0.3, 0.4) is 0 Å². The predicted molar refractivity (Wildman–Crippen MR) is 71.7 cm³/mol. The molecule has 0 bridgehead atoms. The van der Waals surface area contributed by atoms with E-state index in [0.29, 0.717) is 0 Å². The summed E-state index contributed by atoms with van der Waals surface area (Å²) in [6.07, 6.45) is 0.118. The maximum absolute atomic E-state index is 11.0. The molecule has 2 heteroatoms. The molecule has 0 aliphatic carbocycles. The molecule has 0 aromatic heterocycles. The highest BCUT2D eigenvalue weighted by Gasteiger charge is 2.17. The monoisotopic (exact) mass is 240 g/mol. The summed E-state index contributed by atoms with van der Waals surface area (Å²) in [5, 5.41) is 9.06. The van der Waals surface area contributed by atoms with E-state index in [9.17, 15) is 4.79 Å². The van der Waals surface area contributed by atoms with Crippen LogP contribution in [0.5, 0.6) is 0 Å². The van der Waals surface area contributed by atoms with Crippen molar-refractivity contribution < 1.29 is 9.90 Å². The largest absolute Gasteiger partial charge is 0.481 e. The van der Waals surface area contributed by atoms with Gasteiger partial charge in [0.25, 0.3) is 0 Å². The third-order valence-electron chi connectivity index (χ3n) is 3.06. The summed E-state index contributed by atoms with van der Waals surface area (Å²) in [6.45, 7) is 2.03. The predicted octanol–water partition coefficient (Wildman–Crippen LogP) is 3.60. The van der Waals surface area contributed by atoms with E-state index in [1.807, 2.05) is 61.5 Å². The third-order valence-corrected chi connectivity index (χ3v) is 3.06. The Hall–Kier alpha value is -2.09. The minimum Gasteiger partial charge on any atom is -0.481 e. The average molecular weight is 240 g/mol. The van der Waals surface area contributed by atoms with Crippen LogP contribution < -0.4 is 0 Å². The van der Waals surface area contributed by atoms with E-state index in [-0.39, 0.29) is 12.3 Å². The fourth-order valence-corrected chi connectivity index (χ4v) is 2.09. The molecule has 2 aromatic rings. The van der Waals surface area contributed by atoms with E-state index in [1.54, 1.807) is 0 Å². The molecule has 92 valence electrons. The number of rotatable bonds is 4. The van der Waals surface area contributed by atoms with Crippen molar-refractivity contribution in [2.24, 2.45) is 0 Å². The van der Waals surface area contributed by atoms with Crippen molar-refractivity contribution in [1.82, 2.24) is 0 Å². The van der Waals surface area contributed by atoms with E-state index in [2.05, 4.69) is 0 Å². The van der Waals surface area contributed by atoms with E-state index in [1.165, 1.54) is 5.56 Å². The molecule has 0 fully saturated rings. The first-order valence-electron chi connectivity index (χ1n) is 6.00. The fraction of sp³-hybridized carbons (Fsp3) is 0.188. The van der Waals surface area contributed by atoms with Gasteiger partial charge in [-0.05, 0) is 18.1 Å². The van der Waals surface area contributed by atoms with Crippen molar-refractivity contribution in [1.29, 1.82) is 0 Å². The van der Waals surface area contributed by atoms with Crippen LogP contribution in [-0.2, 0) is 4.79 Å². The Kier molecular flexibility index (Phi) is 3.78. The Morgan fingerprint density at radius 1 is 1.00 bits per heavy atom. The number of aliphatic carboxylic acids is 1. The molecular weight excluding hydrogens is 224 g/mol. The summed E-state index contributed by atoms with van der Waals surface area (Å²) < 4.78 is 0. The lowest BCUT2D eigenvalue weighted by molar-refractivity contribution is -0.137. The Labute approximate surface area is 107 Å². The zero-order valence-corrected chi connectivity index (χ0v) is 10.3. The van der Waals surface area contributed by atoms with Gasteiger partial charge in [0.05, 0.1) is 6.42 Å². The van der Waals surface area contributed by atoms with Crippen LogP contribution in [0.1, 0.15) is 29.0 Å². The second kappa shape index (κ2) is 5.50. The van der Waals surface area contributed by atoms with Gasteiger partial charge >= 0.3 is 5.97 Å². The highest BCUT2D eigenvalue weighted by atomic mass is 16.4. The normalized spacial score (nSPS) is 12.1. The minimum atomic E-state index is -0.774. The molecule has 2 rings (SSSR count). The van der Waals surface area contributed by atoms with Crippen LogP contribution in [0, 0.1) is 6.92 Å². The minimum absolute atomic E-state index is 0.0794. The number of hydrogen-bond acceptors (Lipinski definition) is 1. The Morgan fingerprint density at radius 2 is 1.56 bits per heavy atom. The Bertz CT molecular complexity index is 515. The zero-order valence-electron chi connectivity index (χ0n) is 10.3. The van der Waals surface area contributed by atoms with E-state index >= 15 is 0 Å². The number of hydrogen-bond donors (Lipinski definition) is 1. The number of carboxylic acid groups (broad SMARTS) is 1. The first kappa shape index (κ1) is 12.4. The summed E-state index contributed by atoms with van der Waals surface area (Å²) in [4.78, 5) is 11.0. The molecule has 0 saturated heterocycles. The first-order chi connectivity index (χ1) is 8.66. The van der Waals surface area contributed by atoms with Gasteiger partial charge in [-0.25, -0.2) is 0 Å². The maximum Gasteiger partial charge on any atom is 0.304 e. The Balaban J connectivity index is 2.36. The molecule has 0 aliphatic rings. The van der Waals surface area contributed by atoms with Crippen LogP contribution in [-0.4, -0.2) is 11.1 Å². The molecule has 0 unspecified atom stereocenters. The Morgan fingerprint density at radius 3 is 2.11 bits per heavy atom. The molecule has 2 aromatic carbocycles. The van der Waals surface area contributed by atoms with E-state index < -0.39 is 5.97 Å². The number of benzene rings is 2. The molecule has 0 saturated carbocycles. The highest BCUT2D eigenvalue weighted by Crippen LogP contribution is 2.28. The molecule has 1 N–H and O–H groups in total. The highest BCUT2D eigenvalue weighted by molar-refractivity contribution is 5.69. The molecular formula is C16H16O2. The van der Waals surface area contributed by atoms with Crippen molar-refractivity contribution in [3.63, 3.8) is 0 Å². The third kappa shape index (κ3) is 2.98. The van der Waals surface area contributed by atoms with Gasteiger partial charge in [-0.15, -0.1) is 0 Å². The lowest BCUT2D eigenvalue weighted by Gasteiger charge is -2.16. The summed E-state index contributed by atoms with van der Waals surface area (Å²) >= 11 is 0. The van der Waals surface area contributed by atoms with Crippen molar-refractivity contribution in [3.8, 4) is 0 Å². The molecule has 0 radical (unpaired) electrons. The molecule has 2 nitrogen and oxygen atoms in total. The number of aryl methyl sites for hydroxylation is 1. The second-order valence-electron chi connectivity index (χ2n) is 4.47. The molecule has 1 atom stereocenters. The van der Waals surface area contributed by atoms with Crippen LogP contribution in [0.25, 0.3) is 0 Å². The average Bonchev–Trinajstić information content (AvgIpc) is 2.38. The van der Waals surface area contributed by atoms with Gasteiger partial charge in [0, 0.05) is 5.92 Å². The molecule has 0 heterocycles. The SMILES string of the molecule is Cc1ccc([C@@H](CC(=O)O)c2ccccc2)cc1. The number of carboxylic acids is 1. The first-order valence-corrected chi connectivity index (χ1v) is 6.00. The lowest BCUT2D eigenvalue weighted by atomic mass is 9.88. The zero-order chi connectivity index (χ0) is 13.0. The molecule has 0 amide bonds. The van der Waals surface area contributed by atoms with Crippen molar-refractivity contribution in [2.45, 2.75) is 19.3 Å². The molecule has 0 aliphatic heterocycles. The van der Waals surface area contributed by atoms with Gasteiger partial charge in [-0.1, -0.05) is 60.2 Å². The van der Waals surface area contributed by atoms with Gasteiger partial charge in [-0.3, -0.25) is 4.79 Å². The van der Waals surface area contributed by atoms with Gasteiger partial charge in [0.1, 0.15) is 0 Å². The van der Waals surface area contributed by atoms with Gasteiger partial charge in [0.15, 0.2) is 0 Å². The summed E-state index contributed by atoms with van der Waals surface area (Å²) in [5.41, 5.74) is 3.28. The van der Waals surface area contributed by atoms with Gasteiger partial charge in [0.2, 0.25) is 0 Å². The topological polar surface area (TPSA) is 37.3 Å². The number of carbonyl (C=O) groups is 1. The van der Waals surface area contributed by atoms with E-state index in [4.69, 9.17) is 5.11 Å². The standard InChI is InChI=1S/C16H16O2/c1-12-7-9-14(10-8-12)15(11-16(17)18)13-5-3-2-4-6-13/h2-10,15H,11H2,1H3,(H,17,18)/t15-/m0/s1. The smallest absolute Gasteiger partial charge is 0.304 e. The van der Waals surface area contributed by atoms with Crippen molar-refractivity contribution >= 4 is 5.97 Å². The summed E-state index contributed by atoms with van der Waals surface area (Å²) in [6, 6.07) is 17.8. The fourth-order valence-electron chi connectivity index (χ4n) is 2.09. The second-order valence-corrected chi connectivity index (χ2v) is 4.47. The molecule has 0 spiro atoms. The summed E-state index contributed by atoms with van der Waals surface area (Å²) in [7, 11) is 0. The van der Waals surface area contributed by atoms with E-state index in [0.717, 1.165) is 11.1 Å². The molecule has 18 heavy (non-hydrogen) atoms. The van der Waals surface area contributed by atoms with Gasteiger partial charge < -0.3 is 5.11 Å². The summed E-state index contributed by atoms with van der Waals surface area (Å²) in [5.74, 6) is -0.853. The van der Waals surface area contributed by atoms with Gasteiger partial charge in [-0.2, -0.15) is 0 Å². The van der Waals surface area contributed by atoms with Crippen molar-refractivity contribution in [2.75, 3.05) is 0 Å². The van der Waals surface area contributed by atoms with Crippen LogP contribution in [0.2, 0.25) is 0 Å². The lowest BCUT2D eigenvalue weighted by Crippen LogP contribution is -2.07. The van der Waals surface area contributed by atoms with Crippen LogP contribution >= 0.6 is 0 Å². The van der Waals surface area contributed by atoms with Crippen LogP contribution in [0.15, 0.2) is 54.6 Å². The quantitative estimate of drug-likeness (QED) is 0.886.